The number of aromatic nitrogens is 3. The van der Waals surface area contributed by atoms with Gasteiger partial charge in [-0.15, -0.1) is 11.3 Å². The molecule has 0 saturated heterocycles. The number of halogens is 1. The second-order valence-electron chi connectivity index (χ2n) is 4.48. The van der Waals surface area contributed by atoms with E-state index in [9.17, 15) is 0 Å². The Morgan fingerprint density at radius 2 is 2.20 bits per heavy atom. The standard InChI is InChI=1S/C14H15ClN4S/c1-2-19-12-4-3-9(15)7-10(12)18-14(19)11-8-20-13(17-11)5-6-16/h3-4,7-8H,2,5-6,16H2,1H3. The highest BCUT2D eigenvalue weighted by atomic mass is 35.5. The predicted octanol–water partition coefficient (Wildman–Crippen LogP) is 3.33. The fourth-order valence-electron chi connectivity index (χ4n) is 2.27. The van der Waals surface area contributed by atoms with Crippen molar-refractivity contribution in [3.05, 3.63) is 33.6 Å². The van der Waals surface area contributed by atoms with Crippen molar-refractivity contribution in [3.8, 4) is 11.5 Å². The molecule has 2 aromatic heterocycles. The van der Waals surface area contributed by atoms with Crippen molar-refractivity contribution in [3.63, 3.8) is 0 Å². The van der Waals surface area contributed by atoms with Gasteiger partial charge in [-0.25, -0.2) is 9.97 Å². The number of thiazole rings is 1. The van der Waals surface area contributed by atoms with E-state index in [0.717, 1.165) is 40.5 Å². The fourth-order valence-corrected chi connectivity index (χ4v) is 3.23. The van der Waals surface area contributed by atoms with Gasteiger partial charge in [-0.05, 0) is 31.7 Å². The molecule has 4 nitrogen and oxygen atoms in total. The topological polar surface area (TPSA) is 56.7 Å². The van der Waals surface area contributed by atoms with Gasteiger partial charge >= 0.3 is 0 Å². The molecule has 3 rings (SSSR count). The van der Waals surface area contributed by atoms with Crippen molar-refractivity contribution < 1.29 is 0 Å². The maximum absolute atomic E-state index is 6.04. The minimum absolute atomic E-state index is 0.618. The summed E-state index contributed by atoms with van der Waals surface area (Å²) in [6.45, 7) is 3.57. The monoisotopic (exact) mass is 306 g/mol. The van der Waals surface area contributed by atoms with Crippen molar-refractivity contribution in [2.24, 2.45) is 5.73 Å². The molecule has 0 aliphatic carbocycles. The van der Waals surface area contributed by atoms with Crippen molar-refractivity contribution >= 4 is 34.0 Å². The summed E-state index contributed by atoms with van der Waals surface area (Å²) in [7, 11) is 0. The average Bonchev–Trinajstić information content (AvgIpc) is 3.02. The molecule has 0 fully saturated rings. The highest BCUT2D eigenvalue weighted by Crippen LogP contribution is 2.27. The number of rotatable bonds is 4. The van der Waals surface area contributed by atoms with Crippen LogP contribution in [-0.2, 0) is 13.0 Å². The molecule has 2 N–H and O–H groups in total. The van der Waals surface area contributed by atoms with Gasteiger partial charge in [0.1, 0.15) is 5.69 Å². The predicted molar refractivity (Wildman–Crippen MR) is 84.3 cm³/mol. The number of nitrogens with zero attached hydrogens (tertiary/aromatic N) is 3. The summed E-state index contributed by atoms with van der Waals surface area (Å²) in [4.78, 5) is 9.30. The number of benzene rings is 1. The zero-order chi connectivity index (χ0) is 14.1. The summed E-state index contributed by atoms with van der Waals surface area (Å²) in [5, 5.41) is 3.79. The number of nitrogens with two attached hydrogens (primary N) is 1. The van der Waals surface area contributed by atoms with Gasteiger partial charge in [-0.3, -0.25) is 0 Å². The molecule has 0 aliphatic heterocycles. The van der Waals surface area contributed by atoms with Gasteiger partial charge in [0, 0.05) is 23.4 Å². The minimum Gasteiger partial charge on any atom is -0.330 e. The van der Waals surface area contributed by atoms with E-state index < -0.39 is 0 Å². The highest BCUT2D eigenvalue weighted by molar-refractivity contribution is 7.09. The molecule has 6 heteroatoms. The van der Waals surface area contributed by atoms with Crippen LogP contribution in [-0.4, -0.2) is 21.1 Å². The molecule has 0 spiro atoms. The number of imidazole rings is 1. The zero-order valence-corrected chi connectivity index (χ0v) is 12.7. The van der Waals surface area contributed by atoms with E-state index in [1.165, 1.54) is 0 Å². The molecule has 0 aliphatic rings. The first kappa shape index (κ1) is 13.5. The van der Waals surface area contributed by atoms with Gasteiger partial charge in [0.15, 0.2) is 5.82 Å². The van der Waals surface area contributed by atoms with E-state index >= 15 is 0 Å². The zero-order valence-electron chi connectivity index (χ0n) is 11.1. The van der Waals surface area contributed by atoms with Crippen LogP contribution >= 0.6 is 22.9 Å². The van der Waals surface area contributed by atoms with Crippen LogP contribution in [0.2, 0.25) is 5.02 Å². The average molecular weight is 307 g/mol. The van der Waals surface area contributed by atoms with Crippen LogP contribution in [0, 0.1) is 0 Å². The third kappa shape index (κ3) is 2.32. The molecule has 3 aromatic rings. The lowest BCUT2D eigenvalue weighted by molar-refractivity contribution is 0.793. The van der Waals surface area contributed by atoms with Gasteiger partial charge in [-0.2, -0.15) is 0 Å². The lowest BCUT2D eigenvalue weighted by Crippen LogP contribution is -2.02. The van der Waals surface area contributed by atoms with Gasteiger partial charge < -0.3 is 10.3 Å². The van der Waals surface area contributed by atoms with Crippen molar-refractivity contribution in [1.82, 2.24) is 14.5 Å². The van der Waals surface area contributed by atoms with Crippen LogP contribution in [0.15, 0.2) is 23.6 Å². The lowest BCUT2D eigenvalue weighted by atomic mass is 10.3. The minimum atomic E-state index is 0.618. The van der Waals surface area contributed by atoms with Gasteiger partial charge in [-0.1, -0.05) is 11.6 Å². The Morgan fingerprint density at radius 1 is 1.35 bits per heavy atom. The number of fused-ring (bicyclic) bond motifs is 1. The van der Waals surface area contributed by atoms with Crippen LogP contribution in [0.3, 0.4) is 0 Å². The Bertz CT molecular complexity index is 747. The quantitative estimate of drug-likeness (QED) is 0.804. The number of aryl methyl sites for hydroxylation is 1. The SMILES string of the molecule is CCn1c(-c2csc(CCN)n2)nc2cc(Cl)ccc21. The number of hydrogen-bond donors (Lipinski definition) is 1. The van der Waals surface area contributed by atoms with Crippen molar-refractivity contribution in [2.75, 3.05) is 6.54 Å². The van der Waals surface area contributed by atoms with Crippen LogP contribution in [0.4, 0.5) is 0 Å². The summed E-state index contributed by atoms with van der Waals surface area (Å²) in [5.74, 6) is 0.893. The van der Waals surface area contributed by atoms with Crippen molar-refractivity contribution in [2.45, 2.75) is 19.9 Å². The van der Waals surface area contributed by atoms with Gasteiger partial charge in [0.2, 0.25) is 0 Å². The Labute approximate surface area is 126 Å². The molecule has 0 unspecified atom stereocenters. The third-order valence-corrected chi connectivity index (χ3v) is 4.31. The van der Waals surface area contributed by atoms with Gasteiger partial charge in [0.05, 0.1) is 16.0 Å². The van der Waals surface area contributed by atoms with E-state index in [2.05, 4.69) is 21.5 Å². The Balaban J connectivity index is 2.13. The van der Waals surface area contributed by atoms with E-state index in [0.29, 0.717) is 11.6 Å². The largest absolute Gasteiger partial charge is 0.330 e. The molecular formula is C14H15ClN4S. The maximum Gasteiger partial charge on any atom is 0.160 e. The molecule has 0 saturated carbocycles. The maximum atomic E-state index is 6.04. The summed E-state index contributed by atoms with van der Waals surface area (Å²) in [6, 6.07) is 5.78. The molecule has 0 atom stereocenters. The Morgan fingerprint density at radius 3 is 2.95 bits per heavy atom. The molecule has 2 heterocycles. The summed E-state index contributed by atoms with van der Waals surface area (Å²) < 4.78 is 2.16. The van der Waals surface area contributed by atoms with Crippen LogP contribution in [0.25, 0.3) is 22.6 Å². The summed E-state index contributed by atoms with van der Waals surface area (Å²) in [5.41, 5.74) is 8.47. The van der Waals surface area contributed by atoms with Crippen LogP contribution in [0.1, 0.15) is 11.9 Å². The van der Waals surface area contributed by atoms with E-state index in [1.807, 2.05) is 23.6 Å². The summed E-state index contributed by atoms with van der Waals surface area (Å²) >= 11 is 7.67. The second-order valence-corrected chi connectivity index (χ2v) is 5.86. The Hall–Kier alpha value is -1.43. The molecular weight excluding hydrogens is 292 g/mol. The third-order valence-electron chi connectivity index (χ3n) is 3.17. The van der Waals surface area contributed by atoms with E-state index in [4.69, 9.17) is 17.3 Å². The Kier molecular flexibility index (Phi) is 3.74. The van der Waals surface area contributed by atoms with Crippen LogP contribution < -0.4 is 5.73 Å². The number of hydrogen-bond acceptors (Lipinski definition) is 4. The highest BCUT2D eigenvalue weighted by Gasteiger charge is 2.14. The fraction of sp³-hybridized carbons (Fsp3) is 0.286. The van der Waals surface area contributed by atoms with E-state index in [-0.39, 0.29) is 0 Å². The second kappa shape index (κ2) is 5.52. The van der Waals surface area contributed by atoms with Crippen molar-refractivity contribution in [1.29, 1.82) is 0 Å². The molecule has 20 heavy (non-hydrogen) atoms. The lowest BCUT2D eigenvalue weighted by Gasteiger charge is -2.03. The van der Waals surface area contributed by atoms with Crippen LogP contribution in [0.5, 0.6) is 0 Å². The van der Waals surface area contributed by atoms with E-state index in [1.54, 1.807) is 11.3 Å². The molecule has 104 valence electrons. The van der Waals surface area contributed by atoms with Gasteiger partial charge in [0.25, 0.3) is 0 Å². The first-order chi connectivity index (χ1) is 9.72. The smallest absolute Gasteiger partial charge is 0.160 e. The normalized spacial score (nSPS) is 11.3. The first-order valence-corrected chi connectivity index (χ1v) is 7.79. The molecule has 0 bridgehead atoms. The molecule has 0 amide bonds. The first-order valence-electron chi connectivity index (χ1n) is 6.53. The summed E-state index contributed by atoms with van der Waals surface area (Å²) in [6.07, 6.45) is 0.808. The molecule has 1 aromatic carbocycles. The molecule has 0 radical (unpaired) electrons.